The summed E-state index contributed by atoms with van der Waals surface area (Å²) in [6, 6.07) is 10.4. The van der Waals surface area contributed by atoms with Crippen LogP contribution in [0.1, 0.15) is 150 Å². The van der Waals surface area contributed by atoms with E-state index in [0.29, 0.717) is 35.5 Å². The van der Waals surface area contributed by atoms with Crippen LogP contribution in [0.5, 0.6) is 0 Å². The van der Waals surface area contributed by atoms with Gasteiger partial charge in [-0.25, -0.2) is 4.98 Å². The molecule has 5 aliphatic carbocycles. The number of nitrogens with zero attached hydrogens (tertiary/aromatic N) is 2. The molecule has 10 unspecified atom stereocenters. The minimum Gasteiger partial charge on any atom is -0.481 e. The number of aromatic amines is 1. The Morgan fingerprint density at radius 1 is 0.870 bits per heavy atom. The van der Waals surface area contributed by atoms with Crippen LogP contribution in [-0.2, 0) is 19.1 Å². The first kappa shape index (κ1) is 37.7. The maximum absolute atomic E-state index is 15.1. The van der Waals surface area contributed by atoms with Gasteiger partial charge in [0.05, 0.1) is 28.8 Å². The summed E-state index contributed by atoms with van der Waals surface area (Å²) in [4.78, 5) is 50.5. The van der Waals surface area contributed by atoms with Gasteiger partial charge in [-0.1, -0.05) is 64.4 Å². The van der Waals surface area contributed by atoms with Crippen molar-refractivity contribution < 1.29 is 24.2 Å². The first-order valence-corrected chi connectivity index (χ1v) is 21.5. The average molecular weight is 740 g/mol. The van der Waals surface area contributed by atoms with Crippen LogP contribution in [0.25, 0.3) is 11.3 Å². The van der Waals surface area contributed by atoms with Crippen LogP contribution in [-0.4, -0.2) is 50.5 Å². The SMILES string of the molecule is CC(C)(CCC(=O)OC1CCC2(C)C(CCC3(C)C4CCC5(C(=O)N6CCCC6c6ncc(-c7ccccc7)[nH]6)CCCC5C4CCC32)C1(C)C)C(=O)O. The molecule has 8 heteroatoms. The van der Waals surface area contributed by atoms with Gasteiger partial charge in [-0.2, -0.15) is 0 Å². The van der Waals surface area contributed by atoms with Gasteiger partial charge in [0.25, 0.3) is 0 Å². The van der Waals surface area contributed by atoms with Crippen LogP contribution in [0.2, 0.25) is 0 Å². The third-order valence-electron chi connectivity index (χ3n) is 17.2. The molecule has 6 aliphatic rings. The van der Waals surface area contributed by atoms with E-state index in [1.165, 1.54) is 32.1 Å². The van der Waals surface area contributed by atoms with Crippen molar-refractivity contribution in [1.82, 2.24) is 14.9 Å². The number of likely N-dealkylation sites (tertiary alicyclic amines) is 1. The van der Waals surface area contributed by atoms with E-state index in [1.807, 2.05) is 12.3 Å². The Labute approximate surface area is 323 Å². The number of carboxylic acids is 1. The van der Waals surface area contributed by atoms with Gasteiger partial charge in [0, 0.05) is 18.4 Å². The quantitative estimate of drug-likeness (QED) is 0.261. The molecule has 1 saturated heterocycles. The fourth-order valence-electron chi connectivity index (χ4n) is 14.4. The van der Waals surface area contributed by atoms with Gasteiger partial charge < -0.3 is 19.7 Å². The smallest absolute Gasteiger partial charge is 0.309 e. The average Bonchev–Trinajstić information content (AvgIpc) is 3.92. The molecule has 1 aliphatic heterocycles. The Bertz CT molecular complexity index is 1750. The predicted molar refractivity (Wildman–Crippen MR) is 209 cm³/mol. The fourth-order valence-corrected chi connectivity index (χ4v) is 14.4. The molecule has 54 heavy (non-hydrogen) atoms. The molecule has 1 amide bonds. The Balaban J connectivity index is 0.972. The van der Waals surface area contributed by atoms with Crippen LogP contribution in [0.4, 0.5) is 0 Å². The molecule has 294 valence electrons. The number of carboxylic acid groups (broad SMARTS) is 1. The summed E-state index contributed by atoms with van der Waals surface area (Å²) in [5.74, 6) is 3.06. The minimum atomic E-state index is -0.944. The molecule has 0 bridgehead atoms. The van der Waals surface area contributed by atoms with Gasteiger partial charge >= 0.3 is 11.9 Å². The monoisotopic (exact) mass is 739 g/mol. The molecular weight excluding hydrogens is 675 g/mol. The highest BCUT2D eigenvalue weighted by Gasteiger charge is 2.68. The number of amides is 1. The Hall–Kier alpha value is -3.16. The number of aromatic nitrogens is 2. The van der Waals surface area contributed by atoms with E-state index in [9.17, 15) is 14.7 Å². The molecule has 2 N–H and O–H groups in total. The summed E-state index contributed by atoms with van der Waals surface area (Å²) in [6.45, 7) is 14.1. The molecule has 1 aromatic carbocycles. The lowest BCUT2D eigenvalue weighted by molar-refractivity contribution is -0.222. The highest BCUT2D eigenvalue weighted by atomic mass is 16.5. The molecule has 1 aromatic heterocycles. The molecule has 5 saturated carbocycles. The molecule has 8 rings (SSSR count). The number of hydrogen-bond donors (Lipinski definition) is 2. The third-order valence-corrected chi connectivity index (χ3v) is 17.2. The van der Waals surface area contributed by atoms with Gasteiger partial charge in [-0.3, -0.25) is 14.4 Å². The number of benzene rings is 1. The van der Waals surface area contributed by atoms with E-state index >= 15 is 4.79 Å². The molecule has 0 spiro atoms. The maximum Gasteiger partial charge on any atom is 0.309 e. The summed E-state index contributed by atoms with van der Waals surface area (Å²) < 4.78 is 6.23. The number of H-pyrrole nitrogens is 1. The first-order valence-electron chi connectivity index (χ1n) is 21.5. The number of aliphatic carboxylic acids is 1. The third kappa shape index (κ3) is 5.88. The zero-order valence-corrected chi connectivity index (χ0v) is 33.8. The van der Waals surface area contributed by atoms with Crippen LogP contribution in [0.3, 0.4) is 0 Å². The summed E-state index contributed by atoms with van der Waals surface area (Å²) in [7, 11) is 0. The Morgan fingerprint density at radius 2 is 1.63 bits per heavy atom. The van der Waals surface area contributed by atoms with Crippen molar-refractivity contribution in [2.75, 3.05) is 6.54 Å². The van der Waals surface area contributed by atoms with Crippen molar-refractivity contribution in [3.8, 4) is 11.3 Å². The lowest BCUT2D eigenvalue weighted by Gasteiger charge is -2.69. The molecule has 6 fully saturated rings. The standard InChI is InChI=1S/C46H65N3O5/c1-42(2,41(52)53)23-21-38(50)54-37-20-25-45(6)35(43(37,3)4)19-24-44(5)31-18-26-46(22-10-14-32(46)30(31)16-17-36(44)45)40(51)49-27-11-15-34(49)39-47-28-33(48-39)29-12-8-7-9-13-29/h7-9,12-13,28,30-32,34-37H,10-11,14-27H2,1-6H3,(H,47,48)(H,52,53). The zero-order valence-electron chi connectivity index (χ0n) is 33.8. The van der Waals surface area contributed by atoms with Gasteiger partial charge in [0.15, 0.2) is 0 Å². The Morgan fingerprint density at radius 3 is 2.39 bits per heavy atom. The Kier molecular flexibility index (Phi) is 9.44. The summed E-state index contributed by atoms with van der Waals surface area (Å²) in [6.07, 6.45) is 16.6. The minimum absolute atomic E-state index is 0.0288. The fraction of sp³-hybridized carbons (Fsp3) is 0.739. The second kappa shape index (κ2) is 13.5. The lowest BCUT2D eigenvalue weighted by atomic mass is 9.36. The number of ether oxygens (including phenoxy) is 1. The summed E-state index contributed by atoms with van der Waals surface area (Å²) >= 11 is 0. The van der Waals surface area contributed by atoms with E-state index in [1.54, 1.807) is 13.8 Å². The van der Waals surface area contributed by atoms with Crippen LogP contribution in [0.15, 0.2) is 36.5 Å². The van der Waals surface area contributed by atoms with Crippen molar-refractivity contribution >= 4 is 17.8 Å². The second-order valence-corrected chi connectivity index (χ2v) is 20.4. The lowest BCUT2D eigenvalue weighted by Crippen LogP contribution is -2.64. The van der Waals surface area contributed by atoms with Crippen molar-refractivity contribution in [3.63, 3.8) is 0 Å². The van der Waals surface area contributed by atoms with E-state index < -0.39 is 11.4 Å². The number of imidazole rings is 1. The number of nitrogens with one attached hydrogen (secondary N) is 1. The van der Waals surface area contributed by atoms with E-state index in [4.69, 9.17) is 9.72 Å². The second-order valence-electron chi connectivity index (χ2n) is 20.4. The number of esters is 1. The molecular formula is C46H65N3O5. The number of hydrogen-bond acceptors (Lipinski definition) is 5. The van der Waals surface area contributed by atoms with Crippen LogP contribution < -0.4 is 0 Å². The number of carbonyl (C=O) groups is 3. The summed E-state index contributed by atoms with van der Waals surface area (Å²) in [5.41, 5.74) is 1.26. The topological polar surface area (TPSA) is 113 Å². The molecule has 10 atom stereocenters. The molecule has 2 aromatic rings. The first-order chi connectivity index (χ1) is 25.6. The van der Waals surface area contributed by atoms with Crippen molar-refractivity contribution in [2.45, 2.75) is 150 Å². The molecule has 0 radical (unpaired) electrons. The predicted octanol–water partition coefficient (Wildman–Crippen LogP) is 10.0. The van der Waals surface area contributed by atoms with Gasteiger partial charge in [-0.15, -0.1) is 0 Å². The van der Waals surface area contributed by atoms with Gasteiger partial charge in [-0.05, 0) is 143 Å². The normalized spacial score (nSPS) is 38.5. The van der Waals surface area contributed by atoms with E-state index in [-0.39, 0.29) is 52.6 Å². The van der Waals surface area contributed by atoms with E-state index in [2.05, 4.69) is 61.8 Å². The molecule has 2 heterocycles. The van der Waals surface area contributed by atoms with E-state index in [0.717, 1.165) is 75.0 Å². The molecule has 8 nitrogen and oxygen atoms in total. The van der Waals surface area contributed by atoms with Gasteiger partial charge in [0.2, 0.25) is 5.91 Å². The number of fused-ring (bicyclic) bond motifs is 7. The van der Waals surface area contributed by atoms with Crippen molar-refractivity contribution in [1.29, 1.82) is 0 Å². The maximum atomic E-state index is 15.1. The highest BCUT2D eigenvalue weighted by Crippen LogP contribution is 2.73. The van der Waals surface area contributed by atoms with Gasteiger partial charge in [0.1, 0.15) is 11.9 Å². The van der Waals surface area contributed by atoms with Crippen molar-refractivity contribution in [3.05, 3.63) is 42.4 Å². The van der Waals surface area contributed by atoms with Crippen LogP contribution >= 0.6 is 0 Å². The summed E-state index contributed by atoms with van der Waals surface area (Å²) in [5, 5.41) is 9.54. The van der Waals surface area contributed by atoms with Crippen LogP contribution in [0, 0.1) is 56.7 Å². The number of rotatable bonds is 8. The zero-order chi connectivity index (χ0) is 38.3. The highest BCUT2D eigenvalue weighted by molar-refractivity contribution is 5.84. The largest absolute Gasteiger partial charge is 0.481 e. The number of carbonyl (C=O) groups excluding carboxylic acids is 2. The van der Waals surface area contributed by atoms with Crippen molar-refractivity contribution in [2.24, 2.45) is 56.7 Å².